The van der Waals surface area contributed by atoms with Gasteiger partial charge in [0.25, 0.3) is 0 Å². The van der Waals surface area contributed by atoms with E-state index in [1.165, 1.54) is 10.9 Å². The SMILES string of the molecule is FC1(F)CCCC(n2nccc2Cl)C1. The smallest absolute Gasteiger partial charge is 0.250 e. The molecule has 1 unspecified atom stereocenters. The van der Waals surface area contributed by atoms with Gasteiger partial charge in [-0.3, -0.25) is 4.68 Å². The minimum Gasteiger partial charge on any atom is -0.251 e. The van der Waals surface area contributed by atoms with Crippen LogP contribution in [0.3, 0.4) is 0 Å². The third-order valence-electron chi connectivity index (χ3n) is 2.58. The Morgan fingerprint density at radius 2 is 2.36 bits per heavy atom. The van der Waals surface area contributed by atoms with Crippen LogP contribution >= 0.6 is 11.6 Å². The largest absolute Gasteiger partial charge is 0.251 e. The fraction of sp³-hybridized carbons (Fsp3) is 0.667. The van der Waals surface area contributed by atoms with Gasteiger partial charge in [0.1, 0.15) is 5.15 Å². The first-order valence-corrected chi connectivity index (χ1v) is 5.03. The highest BCUT2D eigenvalue weighted by molar-refractivity contribution is 6.29. The van der Waals surface area contributed by atoms with Gasteiger partial charge in [-0.05, 0) is 18.9 Å². The molecule has 1 aliphatic carbocycles. The molecule has 0 bridgehead atoms. The van der Waals surface area contributed by atoms with Crippen molar-refractivity contribution in [1.82, 2.24) is 9.78 Å². The highest BCUT2D eigenvalue weighted by atomic mass is 35.5. The molecule has 1 aliphatic rings. The first-order chi connectivity index (χ1) is 6.58. The molecule has 1 heterocycles. The van der Waals surface area contributed by atoms with Gasteiger partial charge in [0.2, 0.25) is 5.92 Å². The van der Waals surface area contributed by atoms with Gasteiger partial charge in [-0.1, -0.05) is 11.6 Å². The van der Waals surface area contributed by atoms with E-state index in [0.29, 0.717) is 11.6 Å². The maximum atomic E-state index is 13.1. The van der Waals surface area contributed by atoms with Gasteiger partial charge in [0.15, 0.2) is 0 Å². The Balaban J connectivity index is 2.16. The zero-order valence-electron chi connectivity index (χ0n) is 7.59. The van der Waals surface area contributed by atoms with Gasteiger partial charge in [-0.2, -0.15) is 5.10 Å². The summed E-state index contributed by atoms with van der Waals surface area (Å²) in [5.74, 6) is -2.56. The molecule has 1 fully saturated rings. The topological polar surface area (TPSA) is 17.8 Å². The standard InChI is InChI=1S/C9H11ClF2N2/c10-8-3-5-13-14(8)7-2-1-4-9(11,12)6-7/h3,5,7H,1-2,4,6H2. The molecular formula is C9H11ClF2N2. The van der Waals surface area contributed by atoms with E-state index in [4.69, 9.17) is 11.6 Å². The molecule has 0 aromatic carbocycles. The molecule has 1 aromatic rings. The predicted molar refractivity (Wildman–Crippen MR) is 49.7 cm³/mol. The van der Waals surface area contributed by atoms with Gasteiger partial charge in [-0.15, -0.1) is 0 Å². The van der Waals surface area contributed by atoms with Crippen molar-refractivity contribution >= 4 is 11.6 Å². The molecular weight excluding hydrogens is 210 g/mol. The van der Waals surface area contributed by atoms with Crippen LogP contribution < -0.4 is 0 Å². The molecule has 0 amide bonds. The van der Waals surface area contributed by atoms with E-state index in [1.54, 1.807) is 6.07 Å². The van der Waals surface area contributed by atoms with E-state index in [0.717, 1.165) is 6.42 Å². The van der Waals surface area contributed by atoms with Crippen LogP contribution in [0.25, 0.3) is 0 Å². The molecule has 1 saturated carbocycles. The summed E-state index contributed by atoms with van der Waals surface area (Å²) in [5, 5.41) is 4.39. The number of halogens is 3. The molecule has 0 radical (unpaired) electrons. The van der Waals surface area contributed by atoms with Crippen molar-refractivity contribution in [3.8, 4) is 0 Å². The minimum atomic E-state index is -2.56. The molecule has 0 aliphatic heterocycles. The summed E-state index contributed by atoms with van der Waals surface area (Å²) in [6, 6.07) is 1.37. The molecule has 14 heavy (non-hydrogen) atoms. The second-order valence-electron chi connectivity index (χ2n) is 3.70. The fourth-order valence-corrected chi connectivity index (χ4v) is 2.16. The lowest BCUT2D eigenvalue weighted by Gasteiger charge is -2.29. The molecule has 2 nitrogen and oxygen atoms in total. The lowest BCUT2D eigenvalue weighted by atomic mass is 9.92. The Morgan fingerprint density at radius 1 is 1.57 bits per heavy atom. The van der Waals surface area contributed by atoms with Crippen LogP contribution in [0.4, 0.5) is 8.78 Å². The highest BCUT2D eigenvalue weighted by Crippen LogP contribution is 2.39. The summed E-state index contributed by atoms with van der Waals surface area (Å²) in [7, 11) is 0. The molecule has 0 saturated heterocycles. The predicted octanol–water partition coefficient (Wildman–Crippen LogP) is 3.29. The number of alkyl halides is 2. The zero-order chi connectivity index (χ0) is 10.2. The Labute approximate surface area is 85.9 Å². The molecule has 5 heteroatoms. The molecule has 1 aromatic heterocycles. The van der Waals surface area contributed by atoms with Crippen LogP contribution in [0.2, 0.25) is 5.15 Å². The Morgan fingerprint density at radius 3 is 2.93 bits per heavy atom. The summed E-state index contributed by atoms with van der Waals surface area (Å²) >= 11 is 5.82. The summed E-state index contributed by atoms with van der Waals surface area (Å²) in [4.78, 5) is 0. The first-order valence-electron chi connectivity index (χ1n) is 4.65. The third-order valence-corrected chi connectivity index (χ3v) is 2.88. The zero-order valence-corrected chi connectivity index (χ0v) is 8.34. The third kappa shape index (κ3) is 1.90. The van der Waals surface area contributed by atoms with E-state index in [2.05, 4.69) is 5.10 Å². The van der Waals surface area contributed by atoms with Crippen molar-refractivity contribution < 1.29 is 8.78 Å². The molecule has 78 valence electrons. The lowest BCUT2D eigenvalue weighted by molar-refractivity contribution is -0.0511. The normalized spacial score (nSPS) is 26.4. The van der Waals surface area contributed by atoms with Crippen molar-refractivity contribution in [2.75, 3.05) is 0 Å². The minimum absolute atomic E-state index is 0.0115. The number of nitrogens with zero attached hydrogens (tertiary/aromatic N) is 2. The van der Waals surface area contributed by atoms with Gasteiger partial charge in [-0.25, -0.2) is 8.78 Å². The van der Waals surface area contributed by atoms with E-state index in [9.17, 15) is 8.78 Å². The summed E-state index contributed by atoms with van der Waals surface area (Å²) in [6.45, 7) is 0. The number of aromatic nitrogens is 2. The van der Waals surface area contributed by atoms with Crippen molar-refractivity contribution in [3.05, 3.63) is 17.4 Å². The van der Waals surface area contributed by atoms with E-state index in [-0.39, 0.29) is 18.9 Å². The summed E-state index contributed by atoms with van der Waals surface area (Å²) in [5.41, 5.74) is 0. The van der Waals surface area contributed by atoms with Crippen LogP contribution in [-0.2, 0) is 0 Å². The second-order valence-corrected chi connectivity index (χ2v) is 4.09. The monoisotopic (exact) mass is 220 g/mol. The Hall–Kier alpha value is -0.640. The van der Waals surface area contributed by atoms with Crippen LogP contribution in [-0.4, -0.2) is 15.7 Å². The van der Waals surface area contributed by atoms with E-state index < -0.39 is 5.92 Å². The lowest BCUT2D eigenvalue weighted by Crippen LogP contribution is -2.28. The average Bonchev–Trinajstić information content (AvgIpc) is 2.49. The molecule has 2 rings (SSSR count). The quantitative estimate of drug-likeness (QED) is 0.710. The molecule has 0 N–H and O–H groups in total. The van der Waals surface area contributed by atoms with Crippen molar-refractivity contribution in [2.45, 2.75) is 37.6 Å². The van der Waals surface area contributed by atoms with Gasteiger partial charge in [0, 0.05) is 12.8 Å². The second kappa shape index (κ2) is 3.50. The number of hydrogen-bond acceptors (Lipinski definition) is 1. The van der Waals surface area contributed by atoms with Crippen LogP contribution in [0.15, 0.2) is 12.3 Å². The van der Waals surface area contributed by atoms with Crippen LogP contribution in [0, 0.1) is 0 Å². The van der Waals surface area contributed by atoms with Crippen molar-refractivity contribution in [2.24, 2.45) is 0 Å². The molecule has 0 spiro atoms. The maximum Gasteiger partial charge on any atom is 0.250 e. The first kappa shape index (κ1) is 9.90. The van der Waals surface area contributed by atoms with Crippen LogP contribution in [0.5, 0.6) is 0 Å². The number of hydrogen-bond donors (Lipinski definition) is 0. The fourth-order valence-electron chi connectivity index (χ4n) is 1.92. The summed E-state index contributed by atoms with van der Waals surface area (Å²) < 4.78 is 27.7. The summed E-state index contributed by atoms with van der Waals surface area (Å²) in [6.07, 6.45) is 2.65. The Kier molecular flexibility index (Phi) is 2.47. The number of rotatable bonds is 1. The molecule has 1 atom stereocenters. The Bertz CT molecular complexity index is 324. The van der Waals surface area contributed by atoms with Gasteiger partial charge >= 0.3 is 0 Å². The van der Waals surface area contributed by atoms with Gasteiger partial charge < -0.3 is 0 Å². The average molecular weight is 221 g/mol. The van der Waals surface area contributed by atoms with Crippen LogP contribution in [0.1, 0.15) is 31.7 Å². The van der Waals surface area contributed by atoms with Crippen molar-refractivity contribution in [3.63, 3.8) is 0 Å². The highest BCUT2D eigenvalue weighted by Gasteiger charge is 2.37. The van der Waals surface area contributed by atoms with Gasteiger partial charge in [0.05, 0.1) is 12.2 Å². The van der Waals surface area contributed by atoms with E-state index in [1.807, 2.05) is 0 Å². The maximum absolute atomic E-state index is 13.1. The van der Waals surface area contributed by atoms with E-state index >= 15 is 0 Å². The van der Waals surface area contributed by atoms with Crippen molar-refractivity contribution in [1.29, 1.82) is 0 Å².